The molecule has 0 spiro atoms. The number of ether oxygens (including phenoxy) is 2. The van der Waals surface area contributed by atoms with Crippen molar-refractivity contribution in [2.24, 2.45) is 0 Å². The second kappa shape index (κ2) is 8.04. The number of benzene rings is 2. The molecule has 0 bridgehead atoms. The summed E-state index contributed by atoms with van der Waals surface area (Å²) >= 11 is 0. The minimum atomic E-state index is -3.85. The lowest BCUT2D eigenvalue weighted by Gasteiger charge is -2.38. The summed E-state index contributed by atoms with van der Waals surface area (Å²) in [5, 5.41) is 0. The van der Waals surface area contributed by atoms with E-state index >= 15 is 0 Å². The highest BCUT2D eigenvalue weighted by Crippen LogP contribution is 2.24. The van der Waals surface area contributed by atoms with Gasteiger partial charge in [0.2, 0.25) is 0 Å². The van der Waals surface area contributed by atoms with Gasteiger partial charge in [0, 0.05) is 24.3 Å². The van der Waals surface area contributed by atoms with Crippen molar-refractivity contribution in [3.05, 3.63) is 53.6 Å². The Hall–Kier alpha value is -2.58. The largest absolute Gasteiger partial charge is 0.497 e. The SMILES string of the molecule is COc1ccc(NS(=O)(=O)c2ccc(C)c(C(=O)N3CCOC(C)(C)C3)c2)cc1. The van der Waals surface area contributed by atoms with Crippen LogP contribution in [0.5, 0.6) is 5.75 Å². The second-order valence-corrected chi connectivity index (χ2v) is 9.33. The van der Waals surface area contributed by atoms with Gasteiger partial charge in [0.1, 0.15) is 5.75 Å². The maximum absolute atomic E-state index is 13.1. The first-order valence-corrected chi connectivity index (χ1v) is 10.8. The number of aryl methyl sites for hydroxylation is 1. The second-order valence-electron chi connectivity index (χ2n) is 7.65. The van der Waals surface area contributed by atoms with Crippen LogP contribution < -0.4 is 9.46 Å². The molecule has 1 aliphatic rings. The van der Waals surface area contributed by atoms with Crippen LogP contribution in [0.2, 0.25) is 0 Å². The van der Waals surface area contributed by atoms with Crippen LogP contribution in [0.1, 0.15) is 29.8 Å². The summed E-state index contributed by atoms with van der Waals surface area (Å²) in [5.74, 6) is 0.435. The summed E-state index contributed by atoms with van der Waals surface area (Å²) < 4.78 is 39.0. The molecule has 7 nitrogen and oxygen atoms in total. The third-order valence-corrected chi connectivity index (χ3v) is 6.18. The highest BCUT2D eigenvalue weighted by atomic mass is 32.2. The van der Waals surface area contributed by atoms with E-state index in [0.29, 0.717) is 36.7 Å². The predicted molar refractivity (Wildman–Crippen MR) is 111 cm³/mol. The number of sulfonamides is 1. The lowest BCUT2D eigenvalue weighted by molar-refractivity contribution is -0.0764. The molecule has 1 N–H and O–H groups in total. The standard InChI is InChI=1S/C21H26N2O5S/c1-15-5-10-18(29(25,26)22-16-6-8-17(27-4)9-7-16)13-19(15)20(24)23-11-12-28-21(2,3)14-23/h5-10,13,22H,11-12,14H2,1-4H3. The molecular weight excluding hydrogens is 392 g/mol. The zero-order chi connectivity index (χ0) is 21.2. The van der Waals surface area contributed by atoms with Gasteiger partial charge < -0.3 is 14.4 Å². The molecule has 0 radical (unpaired) electrons. The number of carbonyl (C=O) groups excluding carboxylic acids is 1. The number of nitrogens with one attached hydrogen (secondary N) is 1. The fraction of sp³-hybridized carbons (Fsp3) is 0.381. The molecule has 2 aromatic carbocycles. The minimum absolute atomic E-state index is 0.0368. The molecule has 8 heteroatoms. The topological polar surface area (TPSA) is 84.9 Å². The molecule has 2 aromatic rings. The Morgan fingerprint density at radius 2 is 1.86 bits per heavy atom. The van der Waals surface area contributed by atoms with Crippen molar-refractivity contribution >= 4 is 21.6 Å². The first-order valence-electron chi connectivity index (χ1n) is 9.32. The number of hydrogen-bond acceptors (Lipinski definition) is 5. The fourth-order valence-electron chi connectivity index (χ4n) is 3.23. The molecule has 0 aliphatic carbocycles. The molecule has 0 atom stereocenters. The van der Waals surface area contributed by atoms with Gasteiger partial charge >= 0.3 is 0 Å². The third-order valence-electron chi connectivity index (χ3n) is 4.80. The molecule has 0 unspecified atom stereocenters. The number of nitrogens with zero attached hydrogens (tertiary/aromatic N) is 1. The van der Waals surface area contributed by atoms with Gasteiger partial charge in [0.05, 0.1) is 24.2 Å². The normalized spacial score (nSPS) is 16.3. The first-order chi connectivity index (χ1) is 13.6. The van der Waals surface area contributed by atoms with E-state index < -0.39 is 15.6 Å². The summed E-state index contributed by atoms with van der Waals surface area (Å²) in [6.07, 6.45) is 0. The first kappa shape index (κ1) is 21.1. The maximum Gasteiger partial charge on any atom is 0.261 e. The van der Waals surface area contributed by atoms with E-state index in [2.05, 4.69) is 4.72 Å². The van der Waals surface area contributed by atoms with E-state index in [9.17, 15) is 13.2 Å². The van der Waals surface area contributed by atoms with Gasteiger partial charge in [-0.05, 0) is 62.7 Å². The summed E-state index contributed by atoms with van der Waals surface area (Å²) in [6.45, 7) is 7.04. The summed E-state index contributed by atoms with van der Waals surface area (Å²) in [6, 6.07) is 11.2. The third kappa shape index (κ3) is 4.89. The smallest absolute Gasteiger partial charge is 0.261 e. The Labute approximate surface area is 171 Å². The lowest BCUT2D eigenvalue weighted by Crippen LogP contribution is -2.50. The lowest BCUT2D eigenvalue weighted by atomic mass is 10.0. The average molecular weight is 419 g/mol. The van der Waals surface area contributed by atoms with Crippen LogP contribution in [0.3, 0.4) is 0 Å². The van der Waals surface area contributed by atoms with Gasteiger partial charge in [-0.25, -0.2) is 8.42 Å². The number of carbonyl (C=O) groups is 1. The van der Waals surface area contributed by atoms with Gasteiger partial charge in [-0.1, -0.05) is 6.07 Å². The van der Waals surface area contributed by atoms with Crippen LogP contribution in [-0.2, 0) is 14.8 Å². The van der Waals surface area contributed by atoms with Crippen LogP contribution in [0.15, 0.2) is 47.4 Å². The van der Waals surface area contributed by atoms with Crippen molar-refractivity contribution in [2.45, 2.75) is 31.3 Å². The minimum Gasteiger partial charge on any atom is -0.497 e. The van der Waals surface area contributed by atoms with Gasteiger partial charge in [-0.2, -0.15) is 0 Å². The van der Waals surface area contributed by atoms with E-state index in [0.717, 1.165) is 5.56 Å². The number of anilines is 1. The van der Waals surface area contributed by atoms with Crippen LogP contribution >= 0.6 is 0 Å². The van der Waals surface area contributed by atoms with Crippen molar-refractivity contribution in [1.82, 2.24) is 4.90 Å². The maximum atomic E-state index is 13.1. The zero-order valence-electron chi connectivity index (χ0n) is 17.1. The van der Waals surface area contributed by atoms with E-state index in [1.54, 1.807) is 49.3 Å². The van der Waals surface area contributed by atoms with E-state index in [4.69, 9.17) is 9.47 Å². The van der Waals surface area contributed by atoms with Crippen molar-refractivity contribution in [3.63, 3.8) is 0 Å². The Balaban J connectivity index is 1.86. The monoisotopic (exact) mass is 418 g/mol. The molecule has 1 saturated heterocycles. The van der Waals surface area contributed by atoms with Crippen molar-refractivity contribution in [1.29, 1.82) is 0 Å². The highest BCUT2D eigenvalue weighted by molar-refractivity contribution is 7.92. The quantitative estimate of drug-likeness (QED) is 0.807. The molecular formula is C21H26N2O5S. The number of morpholine rings is 1. The molecule has 1 fully saturated rings. The van der Waals surface area contributed by atoms with Crippen molar-refractivity contribution < 1.29 is 22.7 Å². The molecule has 29 heavy (non-hydrogen) atoms. The predicted octanol–water partition coefficient (Wildman–Crippen LogP) is 3.06. The summed E-state index contributed by atoms with van der Waals surface area (Å²) in [4.78, 5) is 14.8. The Bertz CT molecular complexity index is 1000. The van der Waals surface area contributed by atoms with E-state index in [1.165, 1.54) is 12.1 Å². The Morgan fingerprint density at radius 1 is 1.17 bits per heavy atom. The fourth-order valence-corrected chi connectivity index (χ4v) is 4.32. The average Bonchev–Trinajstić information content (AvgIpc) is 2.67. The van der Waals surface area contributed by atoms with Crippen LogP contribution in [0.25, 0.3) is 0 Å². The summed E-state index contributed by atoms with van der Waals surface area (Å²) in [7, 11) is -2.30. The molecule has 156 valence electrons. The Morgan fingerprint density at radius 3 is 2.48 bits per heavy atom. The van der Waals surface area contributed by atoms with Crippen molar-refractivity contribution in [3.8, 4) is 5.75 Å². The summed E-state index contributed by atoms with van der Waals surface area (Å²) in [5.41, 5.74) is 1.08. The van der Waals surface area contributed by atoms with Crippen LogP contribution in [0, 0.1) is 6.92 Å². The highest BCUT2D eigenvalue weighted by Gasteiger charge is 2.31. The van der Waals surface area contributed by atoms with Crippen molar-refractivity contribution in [2.75, 3.05) is 31.5 Å². The molecule has 1 amide bonds. The van der Waals surface area contributed by atoms with Gasteiger partial charge in [-0.15, -0.1) is 0 Å². The number of hydrogen-bond donors (Lipinski definition) is 1. The Kier molecular flexibility index (Phi) is 5.86. The zero-order valence-corrected chi connectivity index (χ0v) is 17.9. The molecule has 0 saturated carbocycles. The van der Waals surface area contributed by atoms with Crippen LogP contribution in [0.4, 0.5) is 5.69 Å². The molecule has 0 aromatic heterocycles. The van der Waals surface area contributed by atoms with E-state index in [-0.39, 0.29) is 10.8 Å². The number of methoxy groups -OCH3 is 1. The van der Waals surface area contributed by atoms with E-state index in [1.807, 2.05) is 13.8 Å². The van der Waals surface area contributed by atoms with Crippen LogP contribution in [-0.4, -0.2) is 51.6 Å². The van der Waals surface area contributed by atoms with Gasteiger partial charge in [0.15, 0.2) is 0 Å². The van der Waals surface area contributed by atoms with Gasteiger partial charge in [0.25, 0.3) is 15.9 Å². The molecule has 1 heterocycles. The number of rotatable bonds is 5. The molecule has 1 aliphatic heterocycles. The molecule has 3 rings (SSSR count). The number of amides is 1. The van der Waals surface area contributed by atoms with Gasteiger partial charge in [-0.3, -0.25) is 9.52 Å².